The van der Waals surface area contributed by atoms with Gasteiger partial charge in [-0.2, -0.15) is 33.6 Å². The Balaban J connectivity index is 5.26. The monoisotopic (exact) mass is 265 g/mol. The second kappa shape index (κ2) is 4.08. The van der Waals surface area contributed by atoms with E-state index in [0.717, 1.165) is 3.71 Å². The summed E-state index contributed by atoms with van der Waals surface area (Å²) < 4.78 is 38.2. The number of halogens is 3. The van der Waals surface area contributed by atoms with Crippen molar-refractivity contribution in [3.63, 3.8) is 0 Å². The Morgan fingerprint density at radius 1 is 0.933 bits per heavy atom. The van der Waals surface area contributed by atoms with E-state index in [0.29, 0.717) is 0 Å². The minimum Gasteiger partial charge on any atom is -0.263 e. The van der Waals surface area contributed by atoms with Gasteiger partial charge in [0, 0.05) is 0 Å². The van der Waals surface area contributed by atoms with Gasteiger partial charge in [-0.05, 0) is 37.5 Å². The number of hydrogen-bond acceptors (Lipinski definition) is 1. The number of nitrogens with zero attached hydrogens (tertiary/aromatic N) is 1. The third-order valence-electron chi connectivity index (χ3n) is 1.40. The Labute approximate surface area is 92.1 Å². The van der Waals surface area contributed by atoms with Gasteiger partial charge in [-0.25, -0.2) is 0 Å². The van der Waals surface area contributed by atoms with E-state index in [1.807, 2.05) is 0 Å². The van der Waals surface area contributed by atoms with Crippen LogP contribution in [0.5, 0.6) is 0 Å². The van der Waals surface area contributed by atoms with Gasteiger partial charge >= 0.3 is 12.1 Å². The highest BCUT2D eigenvalue weighted by atomic mass is 32.3. The predicted molar refractivity (Wildman–Crippen MR) is 63.6 cm³/mol. The highest BCUT2D eigenvalue weighted by molar-refractivity contribution is 8.44. The van der Waals surface area contributed by atoms with Crippen LogP contribution in [0.2, 0.25) is 0 Å². The van der Waals surface area contributed by atoms with Gasteiger partial charge < -0.3 is 0 Å². The minimum absolute atomic E-state index is 1.03. The number of alkyl halides is 3. The van der Waals surface area contributed by atoms with E-state index >= 15 is 0 Å². The average molecular weight is 265 g/mol. The van der Waals surface area contributed by atoms with E-state index < -0.39 is 32.5 Å². The van der Waals surface area contributed by atoms with E-state index in [1.165, 1.54) is 0 Å². The summed E-state index contributed by atoms with van der Waals surface area (Å²) in [5.41, 5.74) is 0. The summed E-state index contributed by atoms with van der Waals surface area (Å²) in [6.45, 7) is 0. The van der Waals surface area contributed by atoms with Gasteiger partial charge in [0.2, 0.25) is 0 Å². The molecule has 0 bridgehead atoms. The van der Waals surface area contributed by atoms with Gasteiger partial charge in [0.1, 0.15) is 0 Å². The minimum atomic E-state index is -4.78. The van der Waals surface area contributed by atoms with Gasteiger partial charge in [-0.15, -0.1) is 0 Å². The quantitative estimate of drug-likeness (QED) is 0.751. The van der Waals surface area contributed by atoms with Crippen LogP contribution < -0.4 is 0 Å². The molecule has 7 heteroatoms. The first-order valence-corrected chi connectivity index (χ1v) is 9.69. The highest BCUT2D eigenvalue weighted by Gasteiger charge is 2.47. The topological polar surface area (TPSA) is 20.3 Å². The molecule has 0 spiro atoms. The second-order valence-electron chi connectivity index (χ2n) is 4.60. The maximum Gasteiger partial charge on any atom is 0.473 e. The molecule has 0 N–H and O–H groups in total. The number of carbonyl (C=O) groups excluding carboxylic acids is 1. The van der Waals surface area contributed by atoms with Crippen LogP contribution in [0.3, 0.4) is 0 Å². The van der Waals surface area contributed by atoms with Crippen LogP contribution in [-0.4, -0.2) is 53.3 Å². The molecule has 15 heavy (non-hydrogen) atoms. The standard InChI is InChI=1S/C8H18F3NOS2/c1-14(2,3)12(15(4,5)6)7(13)8(9,10)11/h1-6H3. The van der Waals surface area contributed by atoms with Gasteiger partial charge in [-0.3, -0.25) is 8.51 Å². The molecule has 0 radical (unpaired) electrons. The molecule has 0 aromatic rings. The molecular formula is C8H18F3NOS2. The first-order valence-electron chi connectivity index (χ1n) is 4.06. The van der Waals surface area contributed by atoms with E-state index in [-0.39, 0.29) is 0 Å². The lowest BCUT2D eigenvalue weighted by Gasteiger charge is -2.50. The fourth-order valence-electron chi connectivity index (χ4n) is 1.27. The SMILES string of the molecule is CS(C)(C)N(C(=O)C(F)(F)F)S(C)(C)C. The van der Waals surface area contributed by atoms with Gasteiger partial charge in [0.05, 0.1) is 0 Å². The smallest absolute Gasteiger partial charge is 0.263 e. The van der Waals surface area contributed by atoms with Crippen molar-refractivity contribution in [2.45, 2.75) is 6.18 Å². The maximum atomic E-state index is 12.4. The first kappa shape index (κ1) is 15.0. The van der Waals surface area contributed by atoms with Crippen LogP contribution >= 0.6 is 20.4 Å². The summed E-state index contributed by atoms with van der Waals surface area (Å²) >= 11 is 0. The van der Waals surface area contributed by atoms with Gasteiger partial charge in [0.25, 0.3) is 0 Å². The Morgan fingerprint density at radius 3 is 1.27 bits per heavy atom. The lowest BCUT2D eigenvalue weighted by Crippen LogP contribution is -2.42. The molecule has 0 fully saturated rings. The molecule has 0 aromatic carbocycles. The normalized spacial score (nSPS) is 16.1. The molecule has 0 aromatic heterocycles. The first-order chi connectivity index (χ1) is 6.28. The Kier molecular flexibility index (Phi) is 4.07. The molecule has 0 heterocycles. The largest absolute Gasteiger partial charge is 0.473 e. The molecular weight excluding hydrogens is 247 g/mol. The molecule has 0 rings (SSSR count). The summed E-state index contributed by atoms with van der Waals surface area (Å²) in [4.78, 5) is 11.3. The maximum absolute atomic E-state index is 12.4. The van der Waals surface area contributed by atoms with Crippen molar-refractivity contribution in [3.8, 4) is 0 Å². The van der Waals surface area contributed by atoms with Crippen molar-refractivity contribution in [1.82, 2.24) is 3.71 Å². The zero-order chi connectivity index (χ0) is 12.7. The van der Waals surface area contributed by atoms with Crippen LogP contribution in [0.25, 0.3) is 0 Å². The second-order valence-corrected chi connectivity index (χ2v) is 12.7. The molecule has 0 aliphatic rings. The summed E-state index contributed by atoms with van der Waals surface area (Å²) in [7, 11) is -3.41. The summed E-state index contributed by atoms with van der Waals surface area (Å²) in [6, 6.07) is 0. The fourth-order valence-corrected chi connectivity index (χ4v) is 7.84. The molecule has 0 aliphatic heterocycles. The number of hydrogen-bond donors (Lipinski definition) is 0. The van der Waals surface area contributed by atoms with E-state index in [2.05, 4.69) is 0 Å². The lowest BCUT2D eigenvalue weighted by atomic mass is 10.6. The summed E-state index contributed by atoms with van der Waals surface area (Å²) in [6.07, 6.45) is 5.36. The Bertz CT molecular complexity index is 238. The summed E-state index contributed by atoms with van der Waals surface area (Å²) in [5.74, 6) is -1.72. The molecule has 94 valence electrons. The molecule has 0 aliphatic carbocycles. The fraction of sp³-hybridized carbons (Fsp3) is 0.875. The van der Waals surface area contributed by atoms with Gasteiger partial charge in [-0.1, -0.05) is 0 Å². The van der Waals surface area contributed by atoms with Crippen LogP contribution in [0.4, 0.5) is 13.2 Å². The molecule has 2 nitrogen and oxygen atoms in total. The van der Waals surface area contributed by atoms with Crippen LogP contribution in [-0.2, 0) is 4.79 Å². The zero-order valence-electron chi connectivity index (χ0n) is 9.81. The summed E-state index contributed by atoms with van der Waals surface area (Å²) in [5, 5.41) is 0. The van der Waals surface area contributed by atoms with Crippen molar-refractivity contribution >= 4 is 26.3 Å². The molecule has 1 amide bonds. The molecule has 0 saturated carbocycles. The predicted octanol–water partition coefficient (Wildman–Crippen LogP) is 2.60. The van der Waals surface area contributed by atoms with Gasteiger partial charge in [0.15, 0.2) is 0 Å². The zero-order valence-corrected chi connectivity index (χ0v) is 11.4. The van der Waals surface area contributed by atoms with Crippen LogP contribution in [0.1, 0.15) is 0 Å². The Morgan fingerprint density at radius 2 is 1.20 bits per heavy atom. The van der Waals surface area contributed by atoms with Crippen molar-refractivity contribution in [1.29, 1.82) is 0 Å². The third-order valence-corrected chi connectivity index (χ3v) is 6.41. The third kappa shape index (κ3) is 4.14. The number of carbonyl (C=O) groups is 1. The number of rotatable bonds is 2. The van der Waals surface area contributed by atoms with E-state index in [4.69, 9.17) is 0 Å². The van der Waals surface area contributed by atoms with Crippen LogP contribution in [0.15, 0.2) is 0 Å². The van der Waals surface area contributed by atoms with Crippen LogP contribution in [0, 0.1) is 0 Å². The van der Waals surface area contributed by atoms with Crippen molar-refractivity contribution in [3.05, 3.63) is 0 Å². The van der Waals surface area contributed by atoms with Crippen molar-refractivity contribution in [2.24, 2.45) is 0 Å². The van der Waals surface area contributed by atoms with Crippen molar-refractivity contribution < 1.29 is 18.0 Å². The van der Waals surface area contributed by atoms with Crippen molar-refractivity contribution in [2.75, 3.05) is 37.5 Å². The molecule has 0 atom stereocenters. The lowest BCUT2D eigenvalue weighted by molar-refractivity contribution is -0.176. The Hall–Kier alpha value is -0.0400. The molecule has 0 unspecified atom stereocenters. The van der Waals surface area contributed by atoms with E-state index in [1.54, 1.807) is 37.5 Å². The number of amides is 1. The van der Waals surface area contributed by atoms with E-state index in [9.17, 15) is 18.0 Å². The highest BCUT2D eigenvalue weighted by Crippen LogP contribution is 2.58. The average Bonchev–Trinajstić information content (AvgIpc) is 1.76. The molecule has 0 saturated heterocycles.